The Morgan fingerprint density at radius 3 is 2.47 bits per heavy atom. The van der Waals surface area contributed by atoms with Crippen LogP contribution in [-0.4, -0.2) is 42.4 Å². The Morgan fingerprint density at radius 1 is 1.09 bits per heavy atom. The highest BCUT2D eigenvalue weighted by molar-refractivity contribution is 7.14. The Morgan fingerprint density at radius 2 is 1.79 bits per heavy atom. The van der Waals surface area contributed by atoms with Crippen LogP contribution in [0.3, 0.4) is 0 Å². The van der Waals surface area contributed by atoms with Gasteiger partial charge in [-0.15, -0.1) is 11.3 Å². The van der Waals surface area contributed by atoms with Crippen molar-refractivity contribution in [3.8, 4) is 11.3 Å². The third-order valence-electron chi connectivity index (χ3n) is 5.73. The van der Waals surface area contributed by atoms with Crippen molar-refractivity contribution in [1.29, 1.82) is 0 Å². The van der Waals surface area contributed by atoms with Gasteiger partial charge in [-0.05, 0) is 57.7 Å². The van der Waals surface area contributed by atoms with Gasteiger partial charge in [-0.1, -0.05) is 42.5 Å². The molecule has 0 bridgehead atoms. The van der Waals surface area contributed by atoms with Crippen molar-refractivity contribution in [1.82, 2.24) is 10.3 Å². The summed E-state index contributed by atoms with van der Waals surface area (Å²) in [6, 6.07) is 19.3. The molecule has 34 heavy (non-hydrogen) atoms. The molecule has 0 spiro atoms. The van der Waals surface area contributed by atoms with E-state index in [1.54, 1.807) is 11.3 Å². The van der Waals surface area contributed by atoms with Gasteiger partial charge in [0, 0.05) is 42.3 Å². The highest BCUT2D eigenvalue weighted by atomic mass is 32.1. The monoisotopic (exact) mass is 478 g/mol. The predicted molar refractivity (Wildman–Crippen MR) is 141 cm³/mol. The maximum absolute atomic E-state index is 11.8. The SMILES string of the molecule is CC(C)(C)OC(=O)NCCc1ccc(NC2CCN(c3nc(-c4ccccc4)cs3)CC2)cc1. The summed E-state index contributed by atoms with van der Waals surface area (Å²) in [4.78, 5) is 19.0. The number of piperidine rings is 1. The molecule has 6 nitrogen and oxygen atoms in total. The summed E-state index contributed by atoms with van der Waals surface area (Å²) in [5.74, 6) is 0. The second kappa shape index (κ2) is 10.9. The summed E-state index contributed by atoms with van der Waals surface area (Å²) in [5, 5.41) is 9.75. The zero-order valence-electron chi connectivity index (χ0n) is 20.2. The van der Waals surface area contributed by atoms with E-state index in [2.05, 4.69) is 69.4 Å². The molecule has 2 aromatic carbocycles. The molecule has 1 aliphatic heterocycles. The number of nitrogens with zero attached hydrogens (tertiary/aromatic N) is 2. The van der Waals surface area contributed by atoms with Crippen LogP contribution in [0.4, 0.5) is 15.6 Å². The molecule has 1 saturated heterocycles. The van der Waals surface area contributed by atoms with E-state index in [0.29, 0.717) is 12.6 Å². The van der Waals surface area contributed by atoms with E-state index in [9.17, 15) is 4.79 Å². The van der Waals surface area contributed by atoms with Crippen molar-refractivity contribution in [3.05, 3.63) is 65.5 Å². The molecular weight excluding hydrogens is 444 g/mol. The molecule has 1 aromatic heterocycles. The number of anilines is 2. The Balaban J connectivity index is 1.20. The second-order valence-electron chi connectivity index (χ2n) is 9.66. The minimum absolute atomic E-state index is 0.369. The fourth-order valence-corrected chi connectivity index (χ4v) is 4.88. The number of carbonyl (C=O) groups is 1. The van der Waals surface area contributed by atoms with E-state index >= 15 is 0 Å². The van der Waals surface area contributed by atoms with Crippen LogP contribution in [0.1, 0.15) is 39.2 Å². The van der Waals surface area contributed by atoms with Crippen molar-refractivity contribution in [2.24, 2.45) is 0 Å². The Hall–Kier alpha value is -3.06. The average Bonchev–Trinajstić information content (AvgIpc) is 3.31. The van der Waals surface area contributed by atoms with Crippen molar-refractivity contribution < 1.29 is 9.53 Å². The van der Waals surface area contributed by atoms with Gasteiger partial charge in [0.2, 0.25) is 0 Å². The highest BCUT2D eigenvalue weighted by Crippen LogP contribution is 2.29. The van der Waals surface area contributed by atoms with Gasteiger partial charge in [-0.25, -0.2) is 9.78 Å². The average molecular weight is 479 g/mol. The summed E-state index contributed by atoms with van der Waals surface area (Å²) < 4.78 is 5.27. The minimum Gasteiger partial charge on any atom is -0.444 e. The summed E-state index contributed by atoms with van der Waals surface area (Å²) in [7, 11) is 0. The van der Waals surface area contributed by atoms with Gasteiger partial charge in [-0.2, -0.15) is 0 Å². The van der Waals surface area contributed by atoms with Crippen LogP contribution in [0, 0.1) is 0 Å². The standard InChI is InChI=1S/C27H34N4O2S/c1-27(2,3)33-26(32)28-16-13-20-9-11-22(12-10-20)29-23-14-17-31(18-15-23)25-30-24(19-34-25)21-7-5-4-6-8-21/h4-12,19,23,29H,13-18H2,1-3H3,(H,28,32). The first-order chi connectivity index (χ1) is 16.4. The number of nitrogens with one attached hydrogen (secondary N) is 2. The largest absolute Gasteiger partial charge is 0.444 e. The van der Waals surface area contributed by atoms with Gasteiger partial charge in [0.05, 0.1) is 5.69 Å². The summed E-state index contributed by atoms with van der Waals surface area (Å²) >= 11 is 1.73. The van der Waals surface area contributed by atoms with Gasteiger partial charge in [-0.3, -0.25) is 0 Å². The van der Waals surface area contributed by atoms with E-state index in [1.807, 2.05) is 26.8 Å². The van der Waals surface area contributed by atoms with Crippen molar-refractivity contribution >= 4 is 28.2 Å². The van der Waals surface area contributed by atoms with Crippen LogP contribution in [0.25, 0.3) is 11.3 Å². The molecule has 4 rings (SSSR count). The number of rotatable bonds is 7. The fraction of sp³-hybridized carbons (Fsp3) is 0.407. The molecule has 0 atom stereocenters. The van der Waals surface area contributed by atoms with Crippen LogP contribution < -0.4 is 15.5 Å². The molecule has 0 aliphatic carbocycles. The number of thiazole rings is 1. The lowest BCUT2D eigenvalue weighted by Gasteiger charge is -2.32. The van der Waals surface area contributed by atoms with Gasteiger partial charge in [0.25, 0.3) is 0 Å². The van der Waals surface area contributed by atoms with E-state index in [0.717, 1.165) is 48.9 Å². The lowest BCUT2D eigenvalue weighted by molar-refractivity contribution is 0.0528. The summed E-state index contributed by atoms with van der Waals surface area (Å²) in [5.41, 5.74) is 4.09. The lowest BCUT2D eigenvalue weighted by atomic mass is 10.0. The van der Waals surface area contributed by atoms with Crippen LogP contribution in [0.5, 0.6) is 0 Å². The molecule has 0 unspecified atom stereocenters. The number of hydrogen-bond donors (Lipinski definition) is 2. The first-order valence-corrected chi connectivity index (χ1v) is 12.8. The highest BCUT2D eigenvalue weighted by Gasteiger charge is 2.21. The number of amides is 1. The van der Waals surface area contributed by atoms with E-state index in [1.165, 1.54) is 11.1 Å². The van der Waals surface area contributed by atoms with Crippen LogP contribution in [-0.2, 0) is 11.2 Å². The van der Waals surface area contributed by atoms with E-state index < -0.39 is 5.60 Å². The van der Waals surface area contributed by atoms with Crippen LogP contribution in [0.2, 0.25) is 0 Å². The first-order valence-electron chi connectivity index (χ1n) is 11.9. The molecule has 180 valence electrons. The smallest absolute Gasteiger partial charge is 0.407 e. The summed E-state index contributed by atoms with van der Waals surface area (Å²) in [6.07, 6.45) is 2.58. The Bertz CT molecular complexity index is 1050. The Labute approximate surface area is 206 Å². The quantitative estimate of drug-likeness (QED) is 0.439. The number of ether oxygens (including phenoxy) is 1. The van der Waals surface area contributed by atoms with E-state index in [4.69, 9.17) is 9.72 Å². The zero-order chi connectivity index (χ0) is 24.0. The number of hydrogen-bond acceptors (Lipinski definition) is 6. The first kappa shape index (κ1) is 24.1. The molecular formula is C27H34N4O2S. The molecule has 1 aliphatic rings. The van der Waals surface area contributed by atoms with Crippen LogP contribution >= 0.6 is 11.3 Å². The summed E-state index contributed by atoms with van der Waals surface area (Å²) in [6.45, 7) is 8.17. The van der Waals surface area contributed by atoms with Gasteiger partial charge < -0.3 is 20.3 Å². The molecule has 2 heterocycles. The minimum atomic E-state index is -0.473. The molecule has 2 N–H and O–H groups in total. The number of alkyl carbamates (subject to hydrolysis) is 1. The molecule has 0 saturated carbocycles. The molecule has 0 radical (unpaired) electrons. The maximum atomic E-state index is 11.8. The molecule has 3 aromatic rings. The van der Waals surface area contributed by atoms with Gasteiger partial charge in [0.1, 0.15) is 5.60 Å². The number of aromatic nitrogens is 1. The van der Waals surface area contributed by atoms with Crippen molar-refractivity contribution in [2.45, 2.75) is 51.7 Å². The third kappa shape index (κ3) is 6.97. The predicted octanol–water partition coefficient (Wildman–Crippen LogP) is 5.96. The normalized spacial score (nSPS) is 14.6. The zero-order valence-corrected chi connectivity index (χ0v) is 21.0. The molecule has 1 fully saturated rings. The van der Waals surface area contributed by atoms with Crippen molar-refractivity contribution in [2.75, 3.05) is 29.9 Å². The number of benzene rings is 2. The van der Waals surface area contributed by atoms with E-state index in [-0.39, 0.29) is 6.09 Å². The second-order valence-corrected chi connectivity index (χ2v) is 10.5. The van der Waals surface area contributed by atoms with Gasteiger partial charge >= 0.3 is 6.09 Å². The van der Waals surface area contributed by atoms with Crippen molar-refractivity contribution in [3.63, 3.8) is 0 Å². The number of carbonyl (C=O) groups excluding carboxylic acids is 1. The topological polar surface area (TPSA) is 66.5 Å². The lowest BCUT2D eigenvalue weighted by Crippen LogP contribution is -2.39. The molecule has 1 amide bonds. The molecule has 7 heteroatoms. The Kier molecular flexibility index (Phi) is 7.73. The van der Waals surface area contributed by atoms with Crippen LogP contribution in [0.15, 0.2) is 60.0 Å². The maximum Gasteiger partial charge on any atom is 0.407 e. The van der Waals surface area contributed by atoms with Gasteiger partial charge in [0.15, 0.2) is 5.13 Å². The third-order valence-corrected chi connectivity index (χ3v) is 6.64. The fourth-order valence-electron chi connectivity index (χ4n) is 3.99.